The largest absolute Gasteiger partial charge is 0.334 e. The standard InChI is InChI=1S/C9H9N3OS/c1-5-3-11-9(14-5)8-10-4-7(12-8)6(2)13/h3-4H,1-2H3,(H,10,12). The molecule has 2 rings (SSSR count). The number of carbonyl (C=O) groups excluding carboxylic acids is 1. The number of nitrogens with one attached hydrogen (secondary N) is 1. The van der Waals surface area contributed by atoms with Gasteiger partial charge in [-0.3, -0.25) is 4.79 Å². The van der Waals surface area contributed by atoms with Crippen molar-refractivity contribution in [1.82, 2.24) is 15.0 Å². The molecule has 0 aromatic carbocycles. The molecular formula is C9H9N3OS. The Morgan fingerprint density at radius 2 is 2.21 bits per heavy atom. The van der Waals surface area contributed by atoms with Crippen molar-refractivity contribution in [2.45, 2.75) is 13.8 Å². The maximum Gasteiger partial charge on any atom is 0.177 e. The quantitative estimate of drug-likeness (QED) is 0.767. The molecule has 4 nitrogen and oxygen atoms in total. The molecule has 0 aliphatic rings. The summed E-state index contributed by atoms with van der Waals surface area (Å²) in [5.74, 6) is 0.644. The second-order valence-corrected chi connectivity index (χ2v) is 4.21. The Morgan fingerprint density at radius 1 is 1.43 bits per heavy atom. The number of aromatic nitrogens is 3. The van der Waals surface area contributed by atoms with E-state index < -0.39 is 0 Å². The van der Waals surface area contributed by atoms with Crippen LogP contribution in [0.3, 0.4) is 0 Å². The first-order chi connectivity index (χ1) is 6.66. The molecule has 14 heavy (non-hydrogen) atoms. The number of hydrogen-bond acceptors (Lipinski definition) is 4. The molecule has 0 saturated heterocycles. The van der Waals surface area contributed by atoms with E-state index in [0.29, 0.717) is 11.5 Å². The van der Waals surface area contributed by atoms with E-state index in [0.717, 1.165) is 9.88 Å². The van der Waals surface area contributed by atoms with Gasteiger partial charge in [0.25, 0.3) is 0 Å². The SMILES string of the molecule is CC(=O)c1cnc(-c2ncc(C)s2)[nH]1. The molecule has 0 amide bonds. The van der Waals surface area contributed by atoms with Crippen LogP contribution in [0.2, 0.25) is 0 Å². The second kappa shape index (κ2) is 3.34. The van der Waals surface area contributed by atoms with Crippen molar-refractivity contribution in [3.05, 3.63) is 23.0 Å². The minimum Gasteiger partial charge on any atom is -0.334 e. The highest BCUT2D eigenvalue weighted by molar-refractivity contribution is 7.14. The van der Waals surface area contributed by atoms with Crippen LogP contribution in [0.25, 0.3) is 10.8 Å². The van der Waals surface area contributed by atoms with Crippen molar-refractivity contribution in [2.24, 2.45) is 0 Å². The summed E-state index contributed by atoms with van der Waals surface area (Å²) in [6, 6.07) is 0. The number of carbonyl (C=O) groups is 1. The predicted octanol–water partition coefficient (Wildman–Crippen LogP) is 2.04. The van der Waals surface area contributed by atoms with Crippen molar-refractivity contribution in [3.8, 4) is 10.8 Å². The number of aromatic amines is 1. The Balaban J connectivity index is 2.38. The third kappa shape index (κ3) is 1.58. The lowest BCUT2D eigenvalue weighted by Gasteiger charge is -1.87. The molecule has 5 heteroatoms. The smallest absolute Gasteiger partial charge is 0.177 e. The van der Waals surface area contributed by atoms with Crippen LogP contribution in [-0.4, -0.2) is 20.7 Å². The number of hydrogen-bond donors (Lipinski definition) is 1. The first-order valence-corrected chi connectivity index (χ1v) is 4.97. The number of aryl methyl sites for hydroxylation is 1. The molecule has 0 spiro atoms. The van der Waals surface area contributed by atoms with Gasteiger partial charge in [0.05, 0.1) is 6.20 Å². The zero-order valence-corrected chi connectivity index (χ0v) is 8.68. The number of ketones is 1. The third-order valence-corrected chi connectivity index (χ3v) is 2.70. The predicted molar refractivity (Wildman–Crippen MR) is 54.4 cm³/mol. The number of imidazole rings is 1. The van der Waals surface area contributed by atoms with Gasteiger partial charge in [-0.25, -0.2) is 9.97 Å². The van der Waals surface area contributed by atoms with E-state index in [1.54, 1.807) is 17.5 Å². The molecule has 0 aliphatic heterocycles. The molecule has 0 aliphatic carbocycles. The van der Waals surface area contributed by atoms with Crippen LogP contribution < -0.4 is 0 Å². The topological polar surface area (TPSA) is 58.6 Å². The molecular weight excluding hydrogens is 198 g/mol. The van der Waals surface area contributed by atoms with E-state index in [-0.39, 0.29) is 5.78 Å². The number of H-pyrrole nitrogens is 1. The van der Waals surface area contributed by atoms with Crippen LogP contribution in [0, 0.1) is 6.92 Å². The number of Topliss-reactive ketones (excluding diaryl/α,β-unsaturated/α-hetero) is 1. The molecule has 72 valence electrons. The fraction of sp³-hybridized carbons (Fsp3) is 0.222. The molecule has 2 aromatic heterocycles. The minimum absolute atomic E-state index is 0.0166. The Bertz CT molecular complexity index is 472. The highest BCUT2D eigenvalue weighted by Gasteiger charge is 2.08. The van der Waals surface area contributed by atoms with Gasteiger partial charge in [0.2, 0.25) is 0 Å². The summed E-state index contributed by atoms with van der Waals surface area (Å²) in [7, 11) is 0. The van der Waals surface area contributed by atoms with E-state index in [1.807, 2.05) is 6.92 Å². The monoisotopic (exact) mass is 207 g/mol. The Hall–Kier alpha value is -1.49. The number of thiazole rings is 1. The van der Waals surface area contributed by atoms with E-state index in [1.165, 1.54) is 13.1 Å². The molecule has 0 atom stereocenters. The van der Waals surface area contributed by atoms with Crippen molar-refractivity contribution in [2.75, 3.05) is 0 Å². The molecule has 2 heterocycles. The van der Waals surface area contributed by atoms with Crippen molar-refractivity contribution in [3.63, 3.8) is 0 Å². The first kappa shape index (κ1) is 9.08. The van der Waals surface area contributed by atoms with Gasteiger partial charge >= 0.3 is 0 Å². The third-order valence-electron chi connectivity index (χ3n) is 1.78. The molecule has 1 N–H and O–H groups in total. The summed E-state index contributed by atoms with van der Waals surface area (Å²) in [4.78, 5) is 23.3. The summed E-state index contributed by atoms with van der Waals surface area (Å²) in [6.07, 6.45) is 3.32. The zero-order valence-electron chi connectivity index (χ0n) is 7.87. The summed E-state index contributed by atoms with van der Waals surface area (Å²) < 4.78 is 0. The zero-order chi connectivity index (χ0) is 10.1. The van der Waals surface area contributed by atoms with Gasteiger partial charge in [-0.05, 0) is 6.92 Å². The van der Waals surface area contributed by atoms with Gasteiger partial charge < -0.3 is 4.98 Å². The van der Waals surface area contributed by atoms with E-state index in [9.17, 15) is 4.79 Å². The van der Waals surface area contributed by atoms with Crippen molar-refractivity contribution in [1.29, 1.82) is 0 Å². The van der Waals surface area contributed by atoms with Gasteiger partial charge in [-0.2, -0.15) is 0 Å². The van der Waals surface area contributed by atoms with Gasteiger partial charge in [-0.1, -0.05) is 0 Å². The summed E-state index contributed by atoms with van der Waals surface area (Å²) in [5, 5.41) is 0.815. The molecule has 0 radical (unpaired) electrons. The molecule has 0 bridgehead atoms. The van der Waals surface area contributed by atoms with E-state index >= 15 is 0 Å². The average molecular weight is 207 g/mol. The summed E-state index contributed by atoms with van der Waals surface area (Å²) >= 11 is 1.55. The van der Waals surface area contributed by atoms with Gasteiger partial charge in [0.15, 0.2) is 16.6 Å². The lowest BCUT2D eigenvalue weighted by atomic mass is 10.3. The van der Waals surface area contributed by atoms with Crippen LogP contribution in [-0.2, 0) is 0 Å². The Kier molecular flexibility index (Phi) is 2.17. The first-order valence-electron chi connectivity index (χ1n) is 4.15. The maximum atomic E-state index is 11.0. The van der Waals surface area contributed by atoms with Crippen LogP contribution in [0.15, 0.2) is 12.4 Å². The number of rotatable bonds is 2. The number of nitrogens with zero attached hydrogens (tertiary/aromatic N) is 2. The lowest BCUT2D eigenvalue weighted by Crippen LogP contribution is -1.90. The minimum atomic E-state index is -0.0166. The van der Waals surface area contributed by atoms with Crippen molar-refractivity contribution < 1.29 is 4.79 Å². The van der Waals surface area contributed by atoms with Crippen LogP contribution in [0.5, 0.6) is 0 Å². The molecule has 0 unspecified atom stereocenters. The second-order valence-electron chi connectivity index (χ2n) is 2.98. The van der Waals surface area contributed by atoms with Crippen LogP contribution in [0.4, 0.5) is 0 Å². The van der Waals surface area contributed by atoms with Gasteiger partial charge in [-0.15, -0.1) is 11.3 Å². The maximum absolute atomic E-state index is 11.0. The summed E-state index contributed by atoms with van der Waals surface area (Å²) in [6.45, 7) is 3.49. The summed E-state index contributed by atoms with van der Waals surface area (Å²) in [5.41, 5.74) is 0.521. The Morgan fingerprint density at radius 3 is 2.71 bits per heavy atom. The normalized spacial score (nSPS) is 10.4. The lowest BCUT2D eigenvalue weighted by molar-refractivity contribution is 0.101. The van der Waals surface area contributed by atoms with Gasteiger partial charge in [0.1, 0.15) is 5.69 Å². The highest BCUT2D eigenvalue weighted by atomic mass is 32.1. The van der Waals surface area contributed by atoms with E-state index in [2.05, 4.69) is 15.0 Å². The van der Waals surface area contributed by atoms with Crippen LogP contribution >= 0.6 is 11.3 Å². The molecule has 0 saturated carbocycles. The van der Waals surface area contributed by atoms with Crippen molar-refractivity contribution >= 4 is 17.1 Å². The Labute approximate surface area is 85.0 Å². The average Bonchev–Trinajstić information content (AvgIpc) is 2.70. The van der Waals surface area contributed by atoms with Gasteiger partial charge in [0, 0.05) is 18.0 Å². The van der Waals surface area contributed by atoms with Crippen LogP contribution in [0.1, 0.15) is 22.3 Å². The molecule has 0 fully saturated rings. The fourth-order valence-corrected chi connectivity index (χ4v) is 1.79. The molecule has 2 aromatic rings. The van der Waals surface area contributed by atoms with E-state index in [4.69, 9.17) is 0 Å². The fourth-order valence-electron chi connectivity index (χ4n) is 1.07. The highest BCUT2D eigenvalue weighted by Crippen LogP contribution is 2.21.